The standard InChI is InChI=1S/C17H24O3/c1-9-8-13(20-11(3)18)17-10(2)6-7-12(17)16(4,5)14(9)15(17)19/h8,10,12-14H,6-7H2,1-5H3/t10-,12?,13?,14?,17?/m1/s1. The van der Waals surface area contributed by atoms with E-state index < -0.39 is 5.41 Å². The second-order valence-corrected chi connectivity index (χ2v) is 7.52. The van der Waals surface area contributed by atoms with Gasteiger partial charge in [0.15, 0.2) is 5.78 Å². The summed E-state index contributed by atoms with van der Waals surface area (Å²) in [4.78, 5) is 24.7. The predicted molar refractivity (Wildman–Crippen MR) is 75.9 cm³/mol. The van der Waals surface area contributed by atoms with Gasteiger partial charge >= 0.3 is 5.97 Å². The molecule has 3 aliphatic carbocycles. The Labute approximate surface area is 120 Å². The fourth-order valence-corrected chi connectivity index (χ4v) is 5.62. The first-order valence-corrected chi connectivity index (χ1v) is 7.63. The van der Waals surface area contributed by atoms with Crippen molar-refractivity contribution in [2.45, 2.75) is 53.6 Å². The van der Waals surface area contributed by atoms with E-state index in [-0.39, 0.29) is 29.3 Å². The number of hydrogen-bond acceptors (Lipinski definition) is 3. The lowest BCUT2D eigenvalue weighted by Gasteiger charge is -2.40. The average Bonchev–Trinajstić information content (AvgIpc) is 2.70. The highest BCUT2D eigenvalue weighted by Gasteiger charge is 2.72. The number of esters is 1. The van der Waals surface area contributed by atoms with Crippen LogP contribution in [0.15, 0.2) is 11.6 Å². The minimum absolute atomic E-state index is 0.00191. The summed E-state index contributed by atoms with van der Waals surface area (Å²) >= 11 is 0. The lowest BCUT2D eigenvalue weighted by Crippen LogP contribution is -2.49. The van der Waals surface area contributed by atoms with Crippen molar-refractivity contribution in [3.8, 4) is 0 Å². The largest absolute Gasteiger partial charge is 0.457 e. The Kier molecular flexibility index (Phi) is 2.74. The molecule has 3 nitrogen and oxygen atoms in total. The molecule has 4 unspecified atom stereocenters. The number of ketones is 1. The van der Waals surface area contributed by atoms with Crippen molar-refractivity contribution in [3.63, 3.8) is 0 Å². The van der Waals surface area contributed by atoms with Gasteiger partial charge in [0.05, 0.1) is 5.41 Å². The van der Waals surface area contributed by atoms with Crippen LogP contribution in [0.4, 0.5) is 0 Å². The molecule has 0 aromatic carbocycles. The highest BCUT2D eigenvalue weighted by Crippen LogP contribution is 2.69. The Morgan fingerprint density at radius 1 is 1.35 bits per heavy atom. The van der Waals surface area contributed by atoms with E-state index in [9.17, 15) is 9.59 Å². The smallest absolute Gasteiger partial charge is 0.303 e. The molecule has 0 aliphatic heterocycles. The summed E-state index contributed by atoms with van der Waals surface area (Å²) in [5, 5.41) is 0. The van der Waals surface area contributed by atoms with Crippen LogP contribution in [-0.4, -0.2) is 17.9 Å². The van der Waals surface area contributed by atoms with Crippen molar-refractivity contribution in [2.75, 3.05) is 0 Å². The number of fused-ring (bicyclic) bond motifs is 1. The molecule has 0 saturated heterocycles. The van der Waals surface area contributed by atoms with E-state index >= 15 is 0 Å². The first-order chi connectivity index (χ1) is 9.23. The number of rotatable bonds is 1. The lowest BCUT2D eigenvalue weighted by atomic mass is 9.65. The summed E-state index contributed by atoms with van der Waals surface area (Å²) in [5.41, 5.74) is 0.579. The Hall–Kier alpha value is -1.12. The zero-order chi connectivity index (χ0) is 14.9. The van der Waals surface area contributed by atoms with Crippen LogP contribution in [0, 0.1) is 28.6 Å². The molecule has 0 amide bonds. The van der Waals surface area contributed by atoms with E-state index in [2.05, 4.69) is 26.8 Å². The second kappa shape index (κ2) is 3.96. The molecular formula is C17H24O3. The molecule has 2 bridgehead atoms. The molecule has 2 saturated carbocycles. The molecule has 1 spiro atoms. The second-order valence-electron chi connectivity index (χ2n) is 7.52. The summed E-state index contributed by atoms with van der Waals surface area (Å²) < 4.78 is 5.59. The number of ether oxygens (including phenoxy) is 1. The van der Waals surface area contributed by atoms with E-state index in [1.54, 1.807) is 0 Å². The molecular weight excluding hydrogens is 252 g/mol. The monoisotopic (exact) mass is 276 g/mol. The average molecular weight is 276 g/mol. The summed E-state index contributed by atoms with van der Waals surface area (Å²) in [6, 6.07) is 0. The van der Waals surface area contributed by atoms with Gasteiger partial charge in [-0.05, 0) is 43.1 Å². The van der Waals surface area contributed by atoms with Gasteiger partial charge in [-0.2, -0.15) is 0 Å². The summed E-state index contributed by atoms with van der Waals surface area (Å²) in [7, 11) is 0. The maximum Gasteiger partial charge on any atom is 0.303 e. The Balaban J connectivity index is 2.19. The minimum atomic E-state index is -0.473. The number of Topliss-reactive ketones (excluding diaryl/α,β-unsaturated/α-hetero) is 1. The van der Waals surface area contributed by atoms with Crippen LogP contribution < -0.4 is 0 Å². The topological polar surface area (TPSA) is 43.4 Å². The van der Waals surface area contributed by atoms with Crippen LogP contribution in [0.25, 0.3) is 0 Å². The molecule has 0 N–H and O–H groups in total. The van der Waals surface area contributed by atoms with E-state index in [1.165, 1.54) is 6.92 Å². The summed E-state index contributed by atoms with van der Waals surface area (Å²) in [6.07, 6.45) is 3.80. The van der Waals surface area contributed by atoms with E-state index in [4.69, 9.17) is 4.74 Å². The molecule has 3 heteroatoms. The molecule has 20 heavy (non-hydrogen) atoms. The van der Waals surface area contributed by atoms with Gasteiger partial charge in [-0.15, -0.1) is 0 Å². The molecule has 5 atom stereocenters. The van der Waals surface area contributed by atoms with Crippen LogP contribution in [-0.2, 0) is 14.3 Å². The van der Waals surface area contributed by atoms with Crippen LogP contribution >= 0.6 is 0 Å². The normalized spacial score (nSPS) is 45.0. The molecule has 0 aromatic heterocycles. The van der Waals surface area contributed by atoms with Crippen LogP contribution in [0.1, 0.15) is 47.5 Å². The van der Waals surface area contributed by atoms with Gasteiger partial charge in [0.2, 0.25) is 0 Å². The Morgan fingerprint density at radius 2 is 2.00 bits per heavy atom. The van der Waals surface area contributed by atoms with Gasteiger partial charge in [-0.25, -0.2) is 0 Å². The van der Waals surface area contributed by atoms with E-state index in [1.807, 2.05) is 6.92 Å². The third kappa shape index (κ3) is 1.36. The molecule has 3 aliphatic rings. The minimum Gasteiger partial charge on any atom is -0.457 e. The first kappa shape index (κ1) is 13.8. The highest BCUT2D eigenvalue weighted by molar-refractivity contribution is 5.96. The van der Waals surface area contributed by atoms with Crippen molar-refractivity contribution in [3.05, 3.63) is 11.6 Å². The van der Waals surface area contributed by atoms with Gasteiger partial charge < -0.3 is 4.74 Å². The molecule has 0 heterocycles. The van der Waals surface area contributed by atoms with Gasteiger partial charge in [-0.1, -0.05) is 26.3 Å². The first-order valence-electron chi connectivity index (χ1n) is 7.63. The maximum atomic E-state index is 13.2. The fraction of sp³-hybridized carbons (Fsp3) is 0.765. The Bertz CT molecular complexity index is 516. The third-order valence-electron chi connectivity index (χ3n) is 6.24. The molecule has 2 fully saturated rings. The summed E-state index contributed by atoms with van der Waals surface area (Å²) in [6.45, 7) is 10.0. The fourth-order valence-electron chi connectivity index (χ4n) is 5.62. The quantitative estimate of drug-likeness (QED) is 0.546. The van der Waals surface area contributed by atoms with E-state index in [0.29, 0.717) is 11.7 Å². The lowest BCUT2D eigenvalue weighted by molar-refractivity contribution is -0.158. The number of allylic oxidation sites excluding steroid dienone is 1. The van der Waals surface area contributed by atoms with Crippen molar-refractivity contribution in [1.29, 1.82) is 0 Å². The van der Waals surface area contributed by atoms with Gasteiger partial charge in [0, 0.05) is 12.8 Å². The molecule has 110 valence electrons. The number of carbonyl (C=O) groups excluding carboxylic acids is 2. The molecule has 3 rings (SSSR count). The number of carbonyl (C=O) groups is 2. The van der Waals surface area contributed by atoms with Crippen LogP contribution in [0.2, 0.25) is 0 Å². The van der Waals surface area contributed by atoms with Crippen molar-refractivity contribution in [2.24, 2.45) is 28.6 Å². The number of hydrogen-bond donors (Lipinski definition) is 0. The van der Waals surface area contributed by atoms with Crippen LogP contribution in [0.3, 0.4) is 0 Å². The molecule has 0 radical (unpaired) electrons. The van der Waals surface area contributed by atoms with Crippen LogP contribution in [0.5, 0.6) is 0 Å². The molecule has 0 aromatic rings. The SMILES string of the molecule is CC(=O)OC1C=C(C)C2C(=O)C13C(CC[C@H]3C)C2(C)C. The van der Waals surface area contributed by atoms with Crippen molar-refractivity contribution >= 4 is 11.8 Å². The zero-order valence-electron chi connectivity index (χ0n) is 13.0. The van der Waals surface area contributed by atoms with Crippen molar-refractivity contribution in [1.82, 2.24) is 0 Å². The Morgan fingerprint density at radius 3 is 2.60 bits per heavy atom. The van der Waals surface area contributed by atoms with Gasteiger partial charge in [0.1, 0.15) is 6.10 Å². The maximum absolute atomic E-state index is 13.2. The van der Waals surface area contributed by atoms with Gasteiger partial charge in [-0.3, -0.25) is 9.59 Å². The van der Waals surface area contributed by atoms with E-state index in [0.717, 1.165) is 18.4 Å². The predicted octanol–water partition coefficient (Wildman–Crippen LogP) is 3.14. The van der Waals surface area contributed by atoms with Crippen molar-refractivity contribution < 1.29 is 14.3 Å². The highest BCUT2D eigenvalue weighted by atomic mass is 16.5. The van der Waals surface area contributed by atoms with Gasteiger partial charge in [0.25, 0.3) is 0 Å². The summed E-state index contributed by atoms with van der Waals surface area (Å²) in [5.74, 6) is 0.645. The third-order valence-corrected chi connectivity index (χ3v) is 6.24. The zero-order valence-corrected chi connectivity index (χ0v) is 13.0.